The van der Waals surface area contributed by atoms with Crippen molar-refractivity contribution in [2.24, 2.45) is 0 Å². The summed E-state index contributed by atoms with van der Waals surface area (Å²) in [4.78, 5) is 36.5. The Bertz CT molecular complexity index is 1300. The molecule has 0 fully saturated rings. The van der Waals surface area contributed by atoms with Gasteiger partial charge in [0.2, 0.25) is 0 Å². The van der Waals surface area contributed by atoms with Gasteiger partial charge in [0.05, 0.1) is 30.0 Å². The van der Waals surface area contributed by atoms with Gasteiger partial charge in [-0.1, -0.05) is 44.2 Å². The summed E-state index contributed by atoms with van der Waals surface area (Å²) in [7, 11) is 4.28. The highest BCUT2D eigenvalue weighted by atomic mass is 35.5. The molecule has 13 heteroatoms. The Morgan fingerprint density at radius 3 is 2.22 bits per heavy atom. The predicted octanol–water partition coefficient (Wildman–Crippen LogP) is 7.39. The summed E-state index contributed by atoms with van der Waals surface area (Å²) in [6.07, 6.45) is 6.18. The largest absolute Gasteiger partial charge is 0.497 e. The van der Waals surface area contributed by atoms with E-state index in [1.165, 1.54) is 24.2 Å². The molecule has 0 radical (unpaired) electrons. The second-order valence-electron chi connectivity index (χ2n) is 10.2. The van der Waals surface area contributed by atoms with Gasteiger partial charge in [0.25, 0.3) is 12.4 Å². The number of methoxy groups -OCH3 is 2. The van der Waals surface area contributed by atoms with Crippen molar-refractivity contribution in [3.8, 4) is 28.5 Å². The molecular formula is C33H47ClN2O9S. The first kappa shape index (κ1) is 42.3. The molecule has 11 nitrogen and oxygen atoms in total. The molecule has 0 saturated carbocycles. The number of nitrogens with one attached hydrogen (secondary N) is 1. The van der Waals surface area contributed by atoms with E-state index in [1.54, 1.807) is 44.6 Å². The van der Waals surface area contributed by atoms with Crippen molar-refractivity contribution in [1.29, 1.82) is 0 Å². The summed E-state index contributed by atoms with van der Waals surface area (Å²) in [5, 5.41) is 19.5. The van der Waals surface area contributed by atoms with Gasteiger partial charge in [-0.05, 0) is 63.6 Å². The van der Waals surface area contributed by atoms with Crippen LogP contribution >= 0.6 is 22.9 Å². The van der Waals surface area contributed by atoms with Gasteiger partial charge < -0.3 is 29.2 Å². The van der Waals surface area contributed by atoms with Crippen molar-refractivity contribution >= 4 is 46.7 Å². The average molecular weight is 683 g/mol. The van der Waals surface area contributed by atoms with Crippen molar-refractivity contribution in [2.75, 3.05) is 39.9 Å². The molecule has 3 N–H and O–H groups in total. The molecule has 0 unspecified atom stereocenters. The lowest BCUT2D eigenvalue weighted by Gasteiger charge is -2.14. The maximum absolute atomic E-state index is 12.9. The van der Waals surface area contributed by atoms with E-state index in [0.717, 1.165) is 31.9 Å². The first-order valence-electron chi connectivity index (χ1n) is 14.5. The van der Waals surface area contributed by atoms with Crippen LogP contribution in [0.1, 0.15) is 70.2 Å². The van der Waals surface area contributed by atoms with Crippen molar-refractivity contribution < 1.29 is 43.5 Å². The molecule has 2 aromatic carbocycles. The van der Waals surface area contributed by atoms with E-state index in [0.29, 0.717) is 51.6 Å². The van der Waals surface area contributed by atoms with Gasteiger partial charge in [0, 0.05) is 30.7 Å². The fourth-order valence-corrected chi connectivity index (χ4v) is 4.32. The van der Waals surface area contributed by atoms with Gasteiger partial charge in [0.15, 0.2) is 22.9 Å². The summed E-state index contributed by atoms with van der Waals surface area (Å²) in [6.45, 7) is 8.40. The molecule has 1 aromatic heterocycles. The lowest BCUT2D eigenvalue weighted by atomic mass is 10.1. The third kappa shape index (κ3) is 17.1. The highest BCUT2D eigenvalue weighted by Gasteiger charge is 2.15. The van der Waals surface area contributed by atoms with E-state index in [1.807, 2.05) is 32.2 Å². The van der Waals surface area contributed by atoms with E-state index in [4.69, 9.17) is 45.6 Å². The van der Waals surface area contributed by atoms with Gasteiger partial charge in [0.1, 0.15) is 12.4 Å². The van der Waals surface area contributed by atoms with Crippen molar-refractivity contribution in [2.45, 2.75) is 65.4 Å². The molecule has 0 spiro atoms. The molecule has 0 bridgehead atoms. The number of carbonyl (C=O) groups is 3. The number of carboxylic acid groups (broad SMARTS) is 1. The second-order valence-corrected chi connectivity index (χ2v) is 11.4. The van der Waals surface area contributed by atoms with Gasteiger partial charge >= 0.3 is 0 Å². The van der Waals surface area contributed by atoms with Crippen LogP contribution < -0.4 is 19.5 Å². The molecule has 3 rings (SSSR count). The molecular weight excluding hydrogens is 636 g/mol. The summed E-state index contributed by atoms with van der Waals surface area (Å²) in [6, 6.07) is 10.2. The number of ether oxygens (including phenoxy) is 4. The van der Waals surface area contributed by atoms with Crippen LogP contribution in [0.15, 0.2) is 41.8 Å². The highest BCUT2D eigenvalue weighted by Crippen LogP contribution is 2.34. The van der Waals surface area contributed by atoms with E-state index in [2.05, 4.69) is 17.2 Å². The number of aldehydes is 1. The van der Waals surface area contributed by atoms with Crippen molar-refractivity contribution in [3.63, 3.8) is 0 Å². The SMILES string of the molecule is CCCCCCCOc1cc(C(=O)Nc2nc(-c3ccc(OC)cc3Cl)cs2)ccc1OCC=O.CO.COC(C)(C)C.O=CO. The maximum atomic E-state index is 12.9. The lowest BCUT2D eigenvalue weighted by Crippen LogP contribution is -2.15. The fraction of sp³-hybridized carbons (Fsp3) is 0.455. The van der Waals surface area contributed by atoms with Crippen LogP contribution in [0.5, 0.6) is 17.2 Å². The van der Waals surface area contributed by atoms with E-state index >= 15 is 0 Å². The minimum Gasteiger partial charge on any atom is -0.497 e. The molecule has 1 heterocycles. The van der Waals surface area contributed by atoms with Crippen LogP contribution in [0.4, 0.5) is 5.13 Å². The first-order chi connectivity index (χ1) is 22.0. The normalized spacial score (nSPS) is 10.0. The maximum Gasteiger partial charge on any atom is 0.290 e. The lowest BCUT2D eigenvalue weighted by molar-refractivity contribution is -0.122. The first-order valence-corrected chi connectivity index (χ1v) is 15.8. The Morgan fingerprint density at radius 2 is 1.65 bits per heavy atom. The number of anilines is 1. The Labute approximate surface area is 280 Å². The molecule has 3 aromatic rings. The van der Waals surface area contributed by atoms with Crippen LogP contribution in [0.25, 0.3) is 11.3 Å². The number of benzene rings is 2. The average Bonchev–Trinajstić information content (AvgIpc) is 3.51. The minimum absolute atomic E-state index is 0.0417. The number of hydrogen-bond donors (Lipinski definition) is 3. The van der Waals surface area contributed by atoms with Gasteiger partial charge in [-0.25, -0.2) is 4.98 Å². The smallest absolute Gasteiger partial charge is 0.290 e. The molecule has 46 heavy (non-hydrogen) atoms. The number of halogens is 1. The van der Waals surface area contributed by atoms with Crippen LogP contribution in [0.2, 0.25) is 5.02 Å². The number of aliphatic hydroxyl groups excluding tert-OH is 1. The summed E-state index contributed by atoms with van der Waals surface area (Å²) in [5.74, 6) is 1.18. The van der Waals surface area contributed by atoms with Crippen LogP contribution in [0, 0.1) is 0 Å². The Morgan fingerprint density at radius 1 is 1.00 bits per heavy atom. The Hall–Kier alpha value is -3.71. The quantitative estimate of drug-likeness (QED) is 0.116. The topological polar surface area (TPSA) is 154 Å². The third-order valence-corrected chi connectivity index (χ3v) is 6.88. The summed E-state index contributed by atoms with van der Waals surface area (Å²) < 4.78 is 21.5. The number of thiazole rings is 1. The van der Waals surface area contributed by atoms with Gasteiger partial charge in [-0.15, -0.1) is 11.3 Å². The van der Waals surface area contributed by atoms with E-state index in [9.17, 15) is 9.59 Å². The third-order valence-electron chi connectivity index (χ3n) is 5.81. The number of aromatic nitrogens is 1. The fourth-order valence-electron chi connectivity index (χ4n) is 3.35. The van der Waals surface area contributed by atoms with Crippen LogP contribution in [-0.2, 0) is 14.3 Å². The highest BCUT2D eigenvalue weighted by molar-refractivity contribution is 7.14. The molecule has 0 aliphatic heterocycles. The summed E-state index contributed by atoms with van der Waals surface area (Å²) in [5.41, 5.74) is 1.84. The molecule has 0 atom stereocenters. The number of carbonyl (C=O) groups excluding carboxylic acids is 2. The predicted molar refractivity (Wildman–Crippen MR) is 183 cm³/mol. The minimum atomic E-state index is -0.332. The van der Waals surface area contributed by atoms with Crippen LogP contribution in [0.3, 0.4) is 0 Å². The second kappa shape index (κ2) is 24.5. The van der Waals surface area contributed by atoms with Crippen molar-refractivity contribution in [1.82, 2.24) is 4.98 Å². The molecule has 0 aliphatic carbocycles. The van der Waals surface area contributed by atoms with E-state index in [-0.39, 0.29) is 24.6 Å². The number of amides is 1. The molecule has 256 valence electrons. The molecule has 1 amide bonds. The Kier molecular flexibility index (Phi) is 22.5. The zero-order valence-electron chi connectivity index (χ0n) is 27.6. The molecule has 0 saturated heterocycles. The Balaban J connectivity index is 0.00000160. The number of unbranched alkanes of at least 4 members (excludes halogenated alkanes) is 4. The van der Waals surface area contributed by atoms with E-state index < -0.39 is 0 Å². The van der Waals surface area contributed by atoms with Crippen LogP contribution in [-0.4, -0.2) is 74.0 Å². The van der Waals surface area contributed by atoms with Gasteiger partial charge in [-0.2, -0.15) is 0 Å². The number of nitrogens with zero attached hydrogens (tertiary/aromatic N) is 1. The summed E-state index contributed by atoms with van der Waals surface area (Å²) >= 11 is 7.65. The monoisotopic (exact) mass is 682 g/mol. The number of rotatable bonds is 14. The van der Waals surface area contributed by atoms with Gasteiger partial charge in [-0.3, -0.25) is 19.7 Å². The number of aliphatic hydroxyl groups is 1. The standard InChI is InChI=1S/C26H29ClN2O5S.C5H12O.CH2O2.CH4O/c1-3-4-5-6-7-13-33-24-15-18(8-11-23(24)34-14-12-30)25(31)29-26-28-22(17-35-26)20-10-9-19(32-2)16-21(20)27;1-5(2,3)6-4;2-1-3;1-2/h8-12,15-17H,3-7,13-14H2,1-2H3,(H,28,29,31);1-4H3;1H,(H,2,3);2H,1H3. The number of hydrogen-bond acceptors (Lipinski definition) is 10. The zero-order chi connectivity index (χ0) is 35.0. The molecule has 0 aliphatic rings. The van der Waals surface area contributed by atoms with Crippen molar-refractivity contribution in [3.05, 3.63) is 52.4 Å². The zero-order valence-corrected chi connectivity index (χ0v) is 29.2.